The van der Waals surface area contributed by atoms with E-state index in [2.05, 4.69) is 11.4 Å². The molecule has 27 heavy (non-hydrogen) atoms. The molecule has 0 unspecified atom stereocenters. The third kappa shape index (κ3) is 4.33. The molecule has 3 rings (SSSR count). The van der Waals surface area contributed by atoms with Gasteiger partial charge in [-0.05, 0) is 61.9 Å². The highest BCUT2D eigenvalue weighted by Crippen LogP contribution is 2.30. The smallest absolute Gasteiger partial charge is 0.244 e. The normalized spacial score (nSPS) is 17.7. The van der Waals surface area contributed by atoms with Crippen molar-refractivity contribution in [3.8, 4) is 0 Å². The number of carbonyl (C=O) groups is 1. The molecule has 1 aliphatic carbocycles. The lowest BCUT2D eigenvalue weighted by Crippen LogP contribution is -2.49. The molecule has 0 saturated carbocycles. The topological polar surface area (TPSA) is 66.5 Å². The first-order chi connectivity index (χ1) is 12.8. The first-order valence-corrected chi connectivity index (χ1v) is 11.1. The van der Waals surface area contributed by atoms with Crippen molar-refractivity contribution in [2.45, 2.75) is 45.2 Å². The number of carbonyl (C=O) groups excluding carboxylic acids is 1. The molecule has 0 saturated heterocycles. The van der Waals surface area contributed by atoms with Crippen LogP contribution in [0.4, 0.5) is 5.69 Å². The Labute approximate surface area is 161 Å². The Hall–Kier alpha value is -2.34. The highest BCUT2D eigenvalue weighted by Gasteiger charge is 2.31. The summed E-state index contributed by atoms with van der Waals surface area (Å²) >= 11 is 0. The minimum atomic E-state index is -3.61. The number of nitrogens with zero attached hydrogens (tertiary/aromatic N) is 1. The van der Waals surface area contributed by atoms with E-state index in [1.807, 2.05) is 31.2 Å². The van der Waals surface area contributed by atoms with Gasteiger partial charge in [0.1, 0.15) is 6.04 Å². The van der Waals surface area contributed by atoms with E-state index in [9.17, 15) is 13.2 Å². The molecule has 0 spiro atoms. The Morgan fingerprint density at radius 3 is 2.63 bits per heavy atom. The van der Waals surface area contributed by atoms with Gasteiger partial charge in [0.2, 0.25) is 15.9 Å². The summed E-state index contributed by atoms with van der Waals surface area (Å²) in [5, 5.41) is 3.07. The second kappa shape index (κ2) is 7.72. The van der Waals surface area contributed by atoms with Crippen LogP contribution in [-0.2, 0) is 21.2 Å². The van der Waals surface area contributed by atoms with Gasteiger partial charge in [0.15, 0.2) is 0 Å². The average molecular weight is 387 g/mol. The van der Waals surface area contributed by atoms with Gasteiger partial charge >= 0.3 is 0 Å². The number of nitrogens with one attached hydrogen (secondary N) is 1. The maximum absolute atomic E-state index is 13.0. The van der Waals surface area contributed by atoms with Crippen LogP contribution in [0.25, 0.3) is 0 Å². The van der Waals surface area contributed by atoms with Crippen LogP contribution in [0.2, 0.25) is 0 Å². The number of amides is 1. The second-order valence-corrected chi connectivity index (χ2v) is 9.09. The number of fused-ring (bicyclic) bond motifs is 1. The SMILES string of the molecule is Cc1cccc(N([C@@H](C)C(=O)N[C@H]2CCCc3ccccc32)S(C)(=O)=O)c1. The van der Waals surface area contributed by atoms with Crippen molar-refractivity contribution in [3.63, 3.8) is 0 Å². The standard InChI is InChI=1S/C21H26N2O3S/c1-15-8-6-11-18(14-15)23(27(3,25)26)16(2)21(24)22-20-13-7-10-17-9-4-5-12-19(17)20/h4-6,8-9,11-12,14,16,20H,7,10,13H2,1-3H3,(H,22,24)/t16-,20-/m0/s1. The highest BCUT2D eigenvalue weighted by atomic mass is 32.2. The molecule has 0 heterocycles. The number of benzene rings is 2. The van der Waals surface area contributed by atoms with Crippen LogP contribution in [0.1, 0.15) is 42.5 Å². The number of sulfonamides is 1. The van der Waals surface area contributed by atoms with Gasteiger partial charge in [0.05, 0.1) is 18.0 Å². The van der Waals surface area contributed by atoms with Crippen molar-refractivity contribution in [1.29, 1.82) is 0 Å². The monoisotopic (exact) mass is 386 g/mol. The summed E-state index contributed by atoms with van der Waals surface area (Å²) in [5.41, 5.74) is 3.82. The van der Waals surface area contributed by atoms with Crippen LogP contribution in [-0.4, -0.2) is 26.6 Å². The number of rotatable bonds is 5. The van der Waals surface area contributed by atoms with Gasteiger partial charge in [-0.2, -0.15) is 0 Å². The average Bonchev–Trinajstić information content (AvgIpc) is 2.61. The number of hydrogen-bond donors (Lipinski definition) is 1. The van der Waals surface area contributed by atoms with Crippen LogP contribution >= 0.6 is 0 Å². The predicted octanol–water partition coefficient (Wildman–Crippen LogP) is 3.34. The molecule has 2 aromatic rings. The van der Waals surface area contributed by atoms with E-state index in [0.29, 0.717) is 5.69 Å². The summed E-state index contributed by atoms with van der Waals surface area (Å²) < 4.78 is 26.0. The van der Waals surface area contributed by atoms with Gasteiger partial charge in [-0.1, -0.05) is 36.4 Å². The van der Waals surface area contributed by atoms with Crippen molar-refractivity contribution in [2.75, 3.05) is 10.6 Å². The van der Waals surface area contributed by atoms with Crippen molar-refractivity contribution in [3.05, 3.63) is 65.2 Å². The van der Waals surface area contributed by atoms with E-state index in [4.69, 9.17) is 0 Å². The lowest BCUT2D eigenvalue weighted by molar-refractivity contribution is -0.122. The summed E-state index contributed by atoms with van der Waals surface area (Å²) in [6, 6.07) is 14.4. The molecule has 0 bridgehead atoms. The third-order valence-electron chi connectivity index (χ3n) is 5.03. The summed E-state index contributed by atoms with van der Waals surface area (Å²) in [5.74, 6) is -0.288. The summed E-state index contributed by atoms with van der Waals surface area (Å²) in [4.78, 5) is 13.0. The molecule has 1 N–H and O–H groups in total. The molecule has 6 heteroatoms. The molecular weight excluding hydrogens is 360 g/mol. The Morgan fingerprint density at radius 1 is 1.19 bits per heavy atom. The maximum atomic E-state index is 13.0. The van der Waals surface area contributed by atoms with Crippen LogP contribution in [0.15, 0.2) is 48.5 Å². The van der Waals surface area contributed by atoms with Gasteiger partial charge in [0.25, 0.3) is 0 Å². The van der Waals surface area contributed by atoms with E-state index in [1.165, 1.54) is 9.87 Å². The molecule has 5 nitrogen and oxygen atoms in total. The van der Waals surface area contributed by atoms with Crippen molar-refractivity contribution >= 4 is 21.6 Å². The molecule has 144 valence electrons. The zero-order chi connectivity index (χ0) is 19.6. The molecule has 1 aliphatic rings. The van der Waals surface area contributed by atoms with Crippen molar-refractivity contribution < 1.29 is 13.2 Å². The first-order valence-electron chi connectivity index (χ1n) is 9.21. The Morgan fingerprint density at radius 2 is 1.93 bits per heavy atom. The summed E-state index contributed by atoms with van der Waals surface area (Å²) in [6.07, 6.45) is 4.01. The molecular formula is C21H26N2O3S. The van der Waals surface area contributed by atoms with Gasteiger partial charge in [-0.15, -0.1) is 0 Å². The van der Waals surface area contributed by atoms with Crippen LogP contribution in [0.3, 0.4) is 0 Å². The first kappa shape index (κ1) is 19.4. The lowest BCUT2D eigenvalue weighted by atomic mass is 9.87. The summed E-state index contributed by atoms with van der Waals surface area (Å²) in [7, 11) is -3.61. The Balaban J connectivity index is 1.85. The summed E-state index contributed by atoms with van der Waals surface area (Å²) in [6.45, 7) is 3.53. The molecule has 2 atom stereocenters. The minimum absolute atomic E-state index is 0.0798. The number of anilines is 1. The van der Waals surface area contributed by atoms with E-state index in [0.717, 1.165) is 36.6 Å². The van der Waals surface area contributed by atoms with Gasteiger partial charge < -0.3 is 5.32 Å². The number of hydrogen-bond acceptors (Lipinski definition) is 3. The molecule has 1 amide bonds. The maximum Gasteiger partial charge on any atom is 0.244 e. The van der Waals surface area contributed by atoms with Gasteiger partial charge in [-0.25, -0.2) is 8.42 Å². The fourth-order valence-corrected chi connectivity index (χ4v) is 4.94. The zero-order valence-electron chi connectivity index (χ0n) is 16.0. The van der Waals surface area contributed by atoms with Crippen LogP contribution in [0.5, 0.6) is 0 Å². The molecule has 0 aromatic heterocycles. The van der Waals surface area contributed by atoms with Gasteiger partial charge in [0, 0.05) is 0 Å². The Kier molecular flexibility index (Phi) is 5.56. The van der Waals surface area contributed by atoms with Gasteiger partial charge in [-0.3, -0.25) is 9.10 Å². The van der Waals surface area contributed by atoms with Crippen LogP contribution < -0.4 is 9.62 Å². The molecule has 0 radical (unpaired) electrons. The second-order valence-electron chi connectivity index (χ2n) is 7.23. The zero-order valence-corrected chi connectivity index (χ0v) is 16.8. The molecule has 0 aliphatic heterocycles. The third-order valence-corrected chi connectivity index (χ3v) is 6.27. The van der Waals surface area contributed by atoms with E-state index in [1.54, 1.807) is 25.1 Å². The predicted molar refractivity (Wildman–Crippen MR) is 108 cm³/mol. The van der Waals surface area contributed by atoms with E-state index in [-0.39, 0.29) is 11.9 Å². The van der Waals surface area contributed by atoms with Crippen molar-refractivity contribution in [1.82, 2.24) is 5.32 Å². The van der Waals surface area contributed by atoms with E-state index < -0.39 is 16.1 Å². The highest BCUT2D eigenvalue weighted by molar-refractivity contribution is 7.92. The fraction of sp³-hybridized carbons (Fsp3) is 0.381. The van der Waals surface area contributed by atoms with Crippen molar-refractivity contribution in [2.24, 2.45) is 0 Å². The fourth-order valence-electron chi connectivity index (χ4n) is 3.77. The van der Waals surface area contributed by atoms with E-state index >= 15 is 0 Å². The lowest BCUT2D eigenvalue weighted by Gasteiger charge is -2.32. The quantitative estimate of drug-likeness (QED) is 0.857. The Bertz CT molecular complexity index is 940. The molecule has 0 fully saturated rings. The molecule has 2 aromatic carbocycles. The van der Waals surface area contributed by atoms with Crippen LogP contribution in [0, 0.1) is 6.92 Å². The minimum Gasteiger partial charge on any atom is -0.347 e. The largest absolute Gasteiger partial charge is 0.347 e. The number of aryl methyl sites for hydroxylation is 2.